The maximum Gasteiger partial charge on any atom is 0.237 e. The van der Waals surface area contributed by atoms with Crippen LogP contribution >= 0.6 is 0 Å². The van der Waals surface area contributed by atoms with Crippen LogP contribution in [0.25, 0.3) is 5.57 Å². The van der Waals surface area contributed by atoms with E-state index < -0.39 is 6.04 Å². The fourth-order valence-electron chi connectivity index (χ4n) is 3.79. The minimum atomic E-state index is -0.444. The highest BCUT2D eigenvalue weighted by atomic mass is 19.1. The third-order valence-corrected chi connectivity index (χ3v) is 5.62. The number of hydrogen-bond acceptors (Lipinski definition) is 3. The Balaban J connectivity index is 1.64. The number of likely N-dealkylation sites (N-methyl/N-ethyl adjacent to an activating group) is 1. The van der Waals surface area contributed by atoms with Crippen molar-refractivity contribution in [1.82, 2.24) is 10.2 Å². The molecule has 0 aliphatic rings. The Labute approximate surface area is 195 Å². The average molecular weight is 447 g/mol. The fraction of sp³-hybridized carbons (Fsp3) is 0.250. The number of nitrogens with zero attached hydrogens (tertiary/aromatic N) is 1. The number of nitrogens with one attached hydrogen (secondary N) is 1. The van der Waals surface area contributed by atoms with Crippen molar-refractivity contribution in [2.75, 3.05) is 20.2 Å². The van der Waals surface area contributed by atoms with Crippen LogP contribution in [0.15, 0.2) is 91.0 Å². The summed E-state index contributed by atoms with van der Waals surface area (Å²) in [5, 5.41) is 12.4. The monoisotopic (exact) mass is 446 g/mol. The molecule has 5 heteroatoms. The molecule has 0 aromatic heterocycles. The summed E-state index contributed by atoms with van der Waals surface area (Å²) in [6, 6.07) is 26.1. The zero-order chi connectivity index (χ0) is 23.5. The normalized spacial score (nSPS) is 11.8. The lowest BCUT2D eigenvalue weighted by Gasteiger charge is -2.26. The largest absolute Gasteiger partial charge is 0.396 e. The van der Waals surface area contributed by atoms with Gasteiger partial charge in [-0.25, -0.2) is 4.39 Å². The molecule has 2 N–H and O–H groups in total. The van der Waals surface area contributed by atoms with Gasteiger partial charge in [-0.05, 0) is 54.3 Å². The molecule has 0 aliphatic carbocycles. The van der Waals surface area contributed by atoms with Gasteiger partial charge in [-0.15, -0.1) is 0 Å². The number of benzene rings is 3. The first kappa shape index (κ1) is 24.4. The lowest BCUT2D eigenvalue weighted by atomic mass is 9.97. The SMILES string of the molecule is CN(CCC=C(c1ccccc1)c1ccccc1)C(CCO)C(=O)NCc1ccc(F)cc1. The van der Waals surface area contributed by atoms with Gasteiger partial charge >= 0.3 is 0 Å². The molecule has 0 heterocycles. The van der Waals surface area contributed by atoms with Crippen LogP contribution in [-0.4, -0.2) is 42.2 Å². The third kappa shape index (κ3) is 7.38. The molecule has 0 saturated heterocycles. The van der Waals surface area contributed by atoms with Crippen LogP contribution in [0.4, 0.5) is 4.39 Å². The molecule has 1 amide bonds. The fourth-order valence-corrected chi connectivity index (χ4v) is 3.79. The highest BCUT2D eigenvalue weighted by molar-refractivity contribution is 5.82. The number of aliphatic hydroxyl groups excluding tert-OH is 1. The van der Waals surface area contributed by atoms with Gasteiger partial charge in [-0.1, -0.05) is 78.9 Å². The van der Waals surface area contributed by atoms with Crippen LogP contribution in [-0.2, 0) is 11.3 Å². The summed E-state index contributed by atoms with van der Waals surface area (Å²) in [6.07, 6.45) is 3.30. The second-order valence-corrected chi connectivity index (χ2v) is 7.99. The van der Waals surface area contributed by atoms with Crippen LogP contribution in [0.1, 0.15) is 29.5 Å². The van der Waals surface area contributed by atoms with Gasteiger partial charge in [-0.2, -0.15) is 0 Å². The maximum absolute atomic E-state index is 13.1. The minimum absolute atomic E-state index is 0.0753. The lowest BCUT2D eigenvalue weighted by Crippen LogP contribution is -2.45. The summed E-state index contributed by atoms with van der Waals surface area (Å²) in [4.78, 5) is 14.8. The van der Waals surface area contributed by atoms with Crippen molar-refractivity contribution in [3.63, 3.8) is 0 Å². The Kier molecular flexibility index (Phi) is 9.36. The molecule has 3 rings (SSSR count). The Bertz CT molecular complexity index is 979. The number of aliphatic hydroxyl groups is 1. The van der Waals surface area contributed by atoms with E-state index in [4.69, 9.17) is 0 Å². The number of carbonyl (C=O) groups is 1. The Morgan fingerprint density at radius 3 is 2.09 bits per heavy atom. The first-order chi connectivity index (χ1) is 16.1. The third-order valence-electron chi connectivity index (χ3n) is 5.62. The Morgan fingerprint density at radius 2 is 1.55 bits per heavy atom. The molecule has 0 fully saturated rings. The average Bonchev–Trinajstić information content (AvgIpc) is 2.85. The molecule has 3 aromatic rings. The van der Waals surface area contributed by atoms with Crippen molar-refractivity contribution in [3.8, 4) is 0 Å². The van der Waals surface area contributed by atoms with Crippen molar-refractivity contribution in [2.24, 2.45) is 0 Å². The van der Waals surface area contributed by atoms with Crippen LogP contribution in [0.2, 0.25) is 0 Å². The first-order valence-electron chi connectivity index (χ1n) is 11.2. The molecule has 1 unspecified atom stereocenters. The summed E-state index contributed by atoms with van der Waals surface area (Å²) in [7, 11) is 1.90. The molecule has 33 heavy (non-hydrogen) atoms. The van der Waals surface area contributed by atoms with Gasteiger partial charge in [0, 0.05) is 19.7 Å². The highest BCUT2D eigenvalue weighted by Crippen LogP contribution is 2.23. The van der Waals surface area contributed by atoms with E-state index >= 15 is 0 Å². The van der Waals surface area contributed by atoms with Gasteiger partial charge < -0.3 is 10.4 Å². The minimum Gasteiger partial charge on any atom is -0.396 e. The standard InChI is InChI=1S/C28H31FN2O2/c1-31(27(18-20-32)28(33)30-21-22-14-16-25(29)17-15-22)19-8-13-26(23-9-4-2-5-10-23)24-11-6-3-7-12-24/h2-7,9-17,27,32H,8,18-21H2,1H3,(H,30,33). The summed E-state index contributed by atoms with van der Waals surface area (Å²) in [5.41, 5.74) is 4.28. The molecule has 4 nitrogen and oxygen atoms in total. The highest BCUT2D eigenvalue weighted by Gasteiger charge is 2.22. The van der Waals surface area contributed by atoms with Crippen molar-refractivity contribution >= 4 is 11.5 Å². The number of halogens is 1. The van der Waals surface area contributed by atoms with E-state index in [1.54, 1.807) is 12.1 Å². The van der Waals surface area contributed by atoms with E-state index in [1.807, 2.05) is 48.3 Å². The molecule has 0 saturated carbocycles. The number of carbonyl (C=O) groups excluding carboxylic acids is 1. The van der Waals surface area contributed by atoms with Gasteiger partial charge in [0.2, 0.25) is 5.91 Å². The van der Waals surface area contributed by atoms with Crippen molar-refractivity contribution in [2.45, 2.75) is 25.4 Å². The van der Waals surface area contributed by atoms with E-state index in [0.29, 0.717) is 19.5 Å². The predicted octanol–water partition coefficient (Wildman–Crippen LogP) is 4.65. The second kappa shape index (κ2) is 12.7. The molecular formula is C28H31FN2O2. The number of hydrogen-bond donors (Lipinski definition) is 2. The van der Waals surface area contributed by atoms with Gasteiger partial charge in [0.1, 0.15) is 5.82 Å². The van der Waals surface area contributed by atoms with E-state index in [1.165, 1.54) is 12.1 Å². The van der Waals surface area contributed by atoms with Crippen LogP contribution < -0.4 is 5.32 Å². The van der Waals surface area contributed by atoms with Crippen molar-refractivity contribution in [1.29, 1.82) is 0 Å². The zero-order valence-corrected chi connectivity index (χ0v) is 19.0. The van der Waals surface area contributed by atoms with Crippen molar-refractivity contribution < 1.29 is 14.3 Å². The molecule has 0 aliphatic heterocycles. The summed E-state index contributed by atoms with van der Waals surface area (Å²) >= 11 is 0. The Hall–Kier alpha value is -3.28. The smallest absolute Gasteiger partial charge is 0.237 e. The molecule has 1 atom stereocenters. The van der Waals surface area contributed by atoms with E-state index in [0.717, 1.165) is 28.7 Å². The van der Waals surface area contributed by atoms with Crippen LogP contribution in [0.5, 0.6) is 0 Å². The van der Waals surface area contributed by atoms with Crippen molar-refractivity contribution in [3.05, 3.63) is 114 Å². The molecule has 3 aromatic carbocycles. The second-order valence-electron chi connectivity index (χ2n) is 7.99. The predicted molar refractivity (Wildman–Crippen MR) is 131 cm³/mol. The molecule has 0 spiro atoms. The topological polar surface area (TPSA) is 52.6 Å². The number of amides is 1. The van der Waals surface area contributed by atoms with Gasteiger partial charge in [0.25, 0.3) is 0 Å². The molecule has 0 bridgehead atoms. The summed E-state index contributed by atoms with van der Waals surface area (Å²) < 4.78 is 13.1. The summed E-state index contributed by atoms with van der Waals surface area (Å²) in [5.74, 6) is -0.451. The first-order valence-corrected chi connectivity index (χ1v) is 11.2. The molecule has 0 radical (unpaired) electrons. The molecular weight excluding hydrogens is 415 g/mol. The van der Waals surface area contributed by atoms with Gasteiger partial charge in [0.05, 0.1) is 6.04 Å². The zero-order valence-electron chi connectivity index (χ0n) is 19.0. The van der Waals surface area contributed by atoms with E-state index in [2.05, 4.69) is 35.7 Å². The van der Waals surface area contributed by atoms with Gasteiger partial charge in [-0.3, -0.25) is 9.69 Å². The van der Waals surface area contributed by atoms with E-state index in [9.17, 15) is 14.3 Å². The molecule has 172 valence electrons. The van der Waals surface area contributed by atoms with Gasteiger partial charge in [0.15, 0.2) is 0 Å². The quantitative estimate of drug-likeness (QED) is 0.451. The maximum atomic E-state index is 13.1. The van der Waals surface area contributed by atoms with Crippen LogP contribution in [0, 0.1) is 5.82 Å². The summed E-state index contributed by atoms with van der Waals surface area (Å²) in [6.45, 7) is 0.910. The number of rotatable bonds is 11. The van der Waals surface area contributed by atoms with E-state index in [-0.39, 0.29) is 18.3 Å². The van der Waals surface area contributed by atoms with Crippen LogP contribution in [0.3, 0.4) is 0 Å². The lowest BCUT2D eigenvalue weighted by molar-refractivity contribution is -0.126. The Morgan fingerprint density at radius 1 is 0.970 bits per heavy atom.